The average Bonchev–Trinajstić information content (AvgIpc) is 3.43. The average molecular weight is 406 g/mol. The van der Waals surface area contributed by atoms with Gasteiger partial charge < -0.3 is 10.2 Å². The molecule has 0 saturated heterocycles. The van der Waals surface area contributed by atoms with Gasteiger partial charge in [-0.3, -0.25) is 0 Å². The third kappa shape index (κ3) is 6.30. The maximum atomic E-state index is 11.9. The molecule has 0 atom stereocenters. The molecule has 0 radical (unpaired) electrons. The Hall–Kier alpha value is -1.44. The summed E-state index contributed by atoms with van der Waals surface area (Å²) in [5.41, 5.74) is 1.82. The first-order valence-electron chi connectivity index (χ1n) is 10.3. The van der Waals surface area contributed by atoms with E-state index in [-0.39, 0.29) is 17.1 Å². The fraction of sp³-hybridized carbons (Fsp3) is 0.500. The largest absolute Gasteiger partial charge is 2.00 e. The minimum atomic E-state index is 0. The van der Waals surface area contributed by atoms with Crippen LogP contribution in [0.25, 0.3) is 0 Å². The van der Waals surface area contributed by atoms with E-state index < -0.39 is 0 Å². The second kappa shape index (κ2) is 11.4. The predicted molar refractivity (Wildman–Crippen MR) is 104 cm³/mol. The summed E-state index contributed by atoms with van der Waals surface area (Å²) in [5, 5.41) is 23.7. The van der Waals surface area contributed by atoms with Crippen molar-refractivity contribution < 1.29 is 27.3 Å². The Morgan fingerprint density at radius 1 is 0.556 bits per heavy atom. The molecule has 27 heavy (non-hydrogen) atoms. The number of allylic oxidation sites excluding steroid dienone is 12. The van der Waals surface area contributed by atoms with Gasteiger partial charge in [0, 0.05) is 0 Å². The molecule has 146 valence electrons. The van der Waals surface area contributed by atoms with Gasteiger partial charge in [0.15, 0.2) is 0 Å². The molecule has 0 aromatic rings. The van der Waals surface area contributed by atoms with Crippen LogP contribution in [-0.2, 0) is 17.1 Å². The molecule has 0 heterocycles. The van der Waals surface area contributed by atoms with Crippen molar-refractivity contribution in [3.63, 3.8) is 0 Å². The van der Waals surface area contributed by atoms with Gasteiger partial charge in [-0.2, -0.15) is 0 Å². The van der Waals surface area contributed by atoms with Crippen molar-refractivity contribution in [1.82, 2.24) is 0 Å². The molecule has 0 spiro atoms. The first-order valence-corrected chi connectivity index (χ1v) is 10.3. The smallest absolute Gasteiger partial charge is 0.875 e. The van der Waals surface area contributed by atoms with E-state index in [9.17, 15) is 10.2 Å². The second-order valence-corrected chi connectivity index (χ2v) is 7.75. The number of rotatable bonds is 2. The fourth-order valence-corrected chi connectivity index (χ4v) is 4.28. The van der Waals surface area contributed by atoms with Gasteiger partial charge in [-0.25, -0.2) is 0 Å². The van der Waals surface area contributed by atoms with Crippen LogP contribution in [0, 0.1) is 11.8 Å². The summed E-state index contributed by atoms with van der Waals surface area (Å²) in [6, 6.07) is 0. The molecule has 4 aliphatic carbocycles. The van der Waals surface area contributed by atoms with Crippen LogP contribution in [0.3, 0.4) is 0 Å². The van der Waals surface area contributed by atoms with E-state index in [1.165, 1.54) is 38.5 Å². The van der Waals surface area contributed by atoms with Gasteiger partial charge >= 0.3 is 17.1 Å². The Bertz CT molecular complexity index is 566. The van der Waals surface area contributed by atoms with E-state index in [1.807, 2.05) is 48.6 Å². The van der Waals surface area contributed by atoms with Crippen LogP contribution in [0.15, 0.2) is 71.3 Å². The molecule has 0 aromatic carbocycles. The first-order chi connectivity index (χ1) is 12.8. The SMILES string of the molecule is [Fe+2].[O-]C(=C1C=CC=C1)C1CCCCC1.[O-]C(=C1C=CC=C1)C1CCCCC1. The molecule has 2 saturated carbocycles. The normalized spacial score (nSPS) is 21.8. The topological polar surface area (TPSA) is 46.1 Å². The van der Waals surface area contributed by atoms with Gasteiger partial charge in [-0.15, -0.1) is 11.5 Å². The summed E-state index contributed by atoms with van der Waals surface area (Å²) in [5.74, 6) is 1.36. The number of hydrogen-bond donors (Lipinski definition) is 0. The molecular weight excluding hydrogens is 376 g/mol. The summed E-state index contributed by atoms with van der Waals surface area (Å²) in [6.45, 7) is 0. The molecule has 2 fully saturated rings. The zero-order valence-corrected chi connectivity index (χ0v) is 17.1. The maximum Gasteiger partial charge on any atom is 2.00 e. The second-order valence-electron chi connectivity index (χ2n) is 7.75. The molecule has 3 heteroatoms. The minimum Gasteiger partial charge on any atom is -0.875 e. The van der Waals surface area contributed by atoms with Gasteiger partial charge in [0.25, 0.3) is 0 Å². The summed E-state index contributed by atoms with van der Waals surface area (Å²) in [7, 11) is 0. The summed E-state index contributed by atoms with van der Waals surface area (Å²) in [6.07, 6.45) is 27.4. The quantitative estimate of drug-likeness (QED) is 0.497. The summed E-state index contributed by atoms with van der Waals surface area (Å²) >= 11 is 0. The van der Waals surface area contributed by atoms with Gasteiger partial charge in [-0.1, -0.05) is 87.1 Å². The Kier molecular flexibility index (Phi) is 9.24. The third-order valence-corrected chi connectivity index (χ3v) is 5.85. The monoisotopic (exact) mass is 406 g/mol. The van der Waals surface area contributed by atoms with Gasteiger partial charge in [0.05, 0.1) is 0 Å². The van der Waals surface area contributed by atoms with Gasteiger partial charge in [-0.05, 0) is 48.7 Å². The summed E-state index contributed by atoms with van der Waals surface area (Å²) < 4.78 is 0. The first kappa shape index (κ1) is 21.9. The van der Waals surface area contributed by atoms with E-state index >= 15 is 0 Å². The minimum absolute atomic E-state index is 0. The molecule has 0 amide bonds. The Balaban J connectivity index is 0.000000187. The van der Waals surface area contributed by atoms with E-state index in [1.54, 1.807) is 0 Å². The third-order valence-electron chi connectivity index (χ3n) is 5.85. The maximum absolute atomic E-state index is 11.9. The summed E-state index contributed by atoms with van der Waals surface area (Å²) in [4.78, 5) is 0. The number of hydrogen-bond acceptors (Lipinski definition) is 2. The molecule has 0 N–H and O–H groups in total. The molecule has 0 bridgehead atoms. The van der Waals surface area contributed by atoms with Crippen molar-refractivity contribution in [2.75, 3.05) is 0 Å². The van der Waals surface area contributed by atoms with E-state index in [0.29, 0.717) is 23.4 Å². The standard InChI is InChI=1S/2C12H16O.Fe/c2*13-12(11-8-4-5-9-11)10-6-2-1-3-7-10;/h2*4-5,8-10,13H,1-3,6-7H2;/q;;+2/p-2. The van der Waals surface area contributed by atoms with Crippen molar-refractivity contribution in [2.45, 2.75) is 64.2 Å². The van der Waals surface area contributed by atoms with Gasteiger partial charge in [0.1, 0.15) is 0 Å². The van der Waals surface area contributed by atoms with Crippen molar-refractivity contribution in [3.05, 3.63) is 71.3 Å². The van der Waals surface area contributed by atoms with E-state index in [0.717, 1.165) is 36.8 Å². The van der Waals surface area contributed by atoms with Crippen LogP contribution in [0.1, 0.15) is 64.2 Å². The molecule has 4 rings (SSSR count). The molecule has 0 aliphatic heterocycles. The van der Waals surface area contributed by atoms with Crippen molar-refractivity contribution >= 4 is 0 Å². The van der Waals surface area contributed by atoms with Crippen LogP contribution in [0.2, 0.25) is 0 Å². The van der Waals surface area contributed by atoms with Crippen molar-refractivity contribution in [2.24, 2.45) is 11.8 Å². The predicted octanol–water partition coefficient (Wildman–Crippen LogP) is 4.61. The van der Waals surface area contributed by atoms with Crippen LogP contribution < -0.4 is 10.2 Å². The fourth-order valence-electron chi connectivity index (χ4n) is 4.28. The molecular formula is C24H30FeO2. The van der Waals surface area contributed by atoms with Crippen LogP contribution in [-0.4, -0.2) is 0 Å². The Morgan fingerprint density at radius 2 is 0.852 bits per heavy atom. The molecule has 2 nitrogen and oxygen atoms in total. The van der Waals surface area contributed by atoms with Crippen LogP contribution in [0.4, 0.5) is 0 Å². The van der Waals surface area contributed by atoms with Crippen LogP contribution in [0.5, 0.6) is 0 Å². The zero-order chi connectivity index (χ0) is 18.2. The molecule has 4 aliphatic rings. The van der Waals surface area contributed by atoms with E-state index in [2.05, 4.69) is 0 Å². The van der Waals surface area contributed by atoms with Crippen molar-refractivity contribution in [3.8, 4) is 0 Å². The van der Waals surface area contributed by atoms with Crippen LogP contribution >= 0.6 is 0 Å². The Morgan fingerprint density at radius 3 is 1.15 bits per heavy atom. The molecule has 0 aromatic heterocycles. The molecule has 0 unspecified atom stereocenters. The Labute approximate surface area is 174 Å². The zero-order valence-electron chi connectivity index (χ0n) is 16.0. The van der Waals surface area contributed by atoms with Gasteiger partial charge in [0.2, 0.25) is 0 Å². The van der Waals surface area contributed by atoms with Crippen molar-refractivity contribution in [1.29, 1.82) is 0 Å². The van der Waals surface area contributed by atoms with E-state index in [4.69, 9.17) is 0 Å².